The van der Waals surface area contributed by atoms with Crippen molar-refractivity contribution in [3.63, 3.8) is 0 Å². The third-order valence-electron chi connectivity index (χ3n) is 5.22. The number of rotatable bonds is 5. The highest BCUT2D eigenvalue weighted by atomic mass is 16.5. The molecule has 0 unspecified atom stereocenters. The number of carbonyl (C=O) groups is 1. The smallest absolute Gasteiger partial charge is 0.234 e. The van der Waals surface area contributed by atoms with E-state index in [4.69, 9.17) is 14.0 Å². The second kappa shape index (κ2) is 6.10. The highest BCUT2D eigenvalue weighted by molar-refractivity contribution is 5.91. The number of hydrogen-bond acceptors (Lipinski definition) is 5. The third-order valence-corrected chi connectivity index (χ3v) is 5.22. The van der Waals surface area contributed by atoms with Crippen LogP contribution in [0.25, 0.3) is 11.3 Å². The van der Waals surface area contributed by atoms with Crippen molar-refractivity contribution >= 4 is 5.91 Å². The minimum Gasteiger partial charge on any atom is -0.493 e. The van der Waals surface area contributed by atoms with E-state index in [2.05, 4.69) is 5.16 Å². The second-order valence-corrected chi connectivity index (χ2v) is 6.73. The Hall–Kier alpha value is -2.50. The van der Waals surface area contributed by atoms with Crippen LogP contribution in [-0.4, -0.2) is 43.3 Å². The van der Waals surface area contributed by atoms with Crippen LogP contribution in [0.3, 0.4) is 0 Å². The van der Waals surface area contributed by atoms with E-state index in [9.17, 15) is 4.79 Å². The number of amides is 1. The average Bonchev–Trinajstić information content (AvgIpc) is 3.07. The van der Waals surface area contributed by atoms with Gasteiger partial charge in [-0.05, 0) is 43.9 Å². The van der Waals surface area contributed by atoms with Crippen molar-refractivity contribution in [1.29, 1.82) is 0 Å². The lowest BCUT2D eigenvalue weighted by Gasteiger charge is -2.20. The summed E-state index contributed by atoms with van der Waals surface area (Å²) in [6.07, 6.45) is 3.88. The van der Waals surface area contributed by atoms with Gasteiger partial charge in [0.1, 0.15) is 0 Å². The fourth-order valence-corrected chi connectivity index (χ4v) is 3.55. The fourth-order valence-electron chi connectivity index (χ4n) is 3.55. The zero-order valence-electron chi connectivity index (χ0n) is 14.6. The monoisotopic (exact) mass is 342 g/mol. The third kappa shape index (κ3) is 2.65. The highest BCUT2D eigenvalue weighted by Crippen LogP contribution is 2.50. The SMILES string of the molecule is COc1ccc(-c2cc(C3(C(=O)N4CCCC4)CC3)no2)cc1OC. The van der Waals surface area contributed by atoms with Gasteiger partial charge in [0.25, 0.3) is 0 Å². The van der Waals surface area contributed by atoms with Crippen LogP contribution in [-0.2, 0) is 10.2 Å². The molecule has 1 saturated carbocycles. The van der Waals surface area contributed by atoms with E-state index >= 15 is 0 Å². The van der Waals surface area contributed by atoms with Crippen molar-refractivity contribution in [3.8, 4) is 22.8 Å². The molecule has 6 nitrogen and oxygen atoms in total. The van der Waals surface area contributed by atoms with Crippen molar-refractivity contribution < 1.29 is 18.8 Å². The maximum atomic E-state index is 12.9. The summed E-state index contributed by atoms with van der Waals surface area (Å²) in [6.45, 7) is 1.72. The van der Waals surface area contributed by atoms with E-state index in [1.807, 2.05) is 29.2 Å². The largest absolute Gasteiger partial charge is 0.493 e. The molecular formula is C19H22N2O4. The zero-order valence-corrected chi connectivity index (χ0v) is 14.6. The Labute approximate surface area is 146 Å². The Morgan fingerprint density at radius 3 is 2.48 bits per heavy atom. The van der Waals surface area contributed by atoms with Gasteiger partial charge in [-0.3, -0.25) is 4.79 Å². The summed E-state index contributed by atoms with van der Waals surface area (Å²) >= 11 is 0. The van der Waals surface area contributed by atoms with E-state index in [1.165, 1.54) is 0 Å². The molecule has 2 aromatic rings. The van der Waals surface area contributed by atoms with Gasteiger partial charge in [0, 0.05) is 24.7 Å². The Bertz CT molecular complexity index is 788. The van der Waals surface area contributed by atoms with E-state index < -0.39 is 5.41 Å². The van der Waals surface area contributed by atoms with Gasteiger partial charge in [-0.1, -0.05) is 5.16 Å². The number of aromatic nitrogens is 1. The molecule has 1 aliphatic carbocycles. The molecular weight excluding hydrogens is 320 g/mol. The molecule has 132 valence electrons. The predicted octanol–water partition coefficient (Wildman–Crippen LogP) is 3.01. The van der Waals surface area contributed by atoms with Crippen molar-refractivity contribution in [3.05, 3.63) is 30.0 Å². The number of likely N-dealkylation sites (tertiary alicyclic amines) is 1. The first-order chi connectivity index (χ1) is 12.2. The molecule has 2 heterocycles. The summed E-state index contributed by atoms with van der Waals surface area (Å²) in [5.41, 5.74) is 1.12. The topological polar surface area (TPSA) is 64.8 Å². The van der Waals surface area contributed by atoms with Crippen molar-refractivity contribution in [2.75, 3.05) is 27.3 Å². The van der Waals surface area contributed by atoms with Crippen LogP contribution in [0.4, 0.5) is 0 Å². The van der Waals surface area contributed by atoms with Gasteiger partial charge in [-0.15, -0.1) is 0 Å². The maximum absolute atomic E-state index is 12.9. The average molecular weight is 342 g/mol. The Kier molecular flexibility index (Phi) is 3.90. The molecule has 0 radical (unpaired) electrons. The molecule has 0 N–H and O–H groups in total. The number of methoxy groups -OCH3 is 2. The molecule has 0 atom stereocenters. The zero-order chi connectivity index (χ0) is 17.4. The van der Waals surface area contributed by atoms with Gasteiger partial charge >= 0.3 is 0 Å². The molecule has 0 bridgehead atoms. The minimum absolute atomic E-state index is 0.206. The molecule has 0 spiro atoms. The van der Waals surface area contributed by atoms with E-state index in [0.29, 0.717) is 17.3 Å². The van der Waals surface area contributed by atoms with E-state index in [1.54, 1.807) is 14.2 Å². The molecule has 2 fully saturated rings. The fraction of sp³-hybridized carbons (Fsp3) is 0.474. The van der Waals surface area contributed by atoms with Crippen LogP contribution in [0, 0.1) is 0 Å². The van der Waals surface area contributed by atoms with Crippen molar-refractivity contribution in [1.82, 2.24) is 10.1 Å². The first kappa shape index (κ1) is 16.0. The molecule has 1 aromatic heterocycles. The van der Waals surface area contributed by atoms with Gasteiger partial charge in [-0.25, -0.2) is 0 Å². The van der Waals surface area contributed by atoms with Gasteiger partial charge < -0.3 is 18.9 Å². The number of hydrogen-bond donors (Lipinski definition) is 0. The van der Waals surface area contributed by atoms with Crippen molar-refractivity contribution in [2.45, 2.75) is 31.1 Å². The van der Waals surface area contributed by atoms with E-state index in [0.717, 1.165) is 50.0 Å². The van der Waals surface area contributed by atoms with Crippen molar-refractivity contribution in [2.24, 2.45) is 0 Å². The van der Waals surface area contributed by atoms with Gasteiger partial charge in [0.15, 0.2) is 17.3 Å². The lowest BCUT2D eigenvalue weighted by molar-refractivity contribution is -0.133. The maximum Gasteiger partial charge on any atom is 0.234 e. The Morgan fingerprint density at radius 1 is 1.12 bits per heavy atom. The minimum atomic E-state index is -0.470. The second-order valence-electron chi connectivity index (χ2n) is 6.73. The summed E-state index contributed by atoms with van der Waals surface area (Å²) in [4.78, 5) is 14.8. The highest BCUT2D eigenvalue weighted by Gasteiger charge is 2.55. The number of ether oxygens (including phenoxy) is 2. The standard InChI is InChI=1S/C19H22N2O4/c1-23-14-6-5-13(11-16(14)24-2)15-12-17(20-25-15)19(7-8-19)18(22)21-9-3-4-10-21/h5-6,11-12H,3-4,7-10H2,1-2H3. The van der Waals surface area contributed by atoms with Crippen LogP contribution in [0.1, 0.15) is 31.4 Å². The molecule has 1 saturated heterocycles. The summed E-state index contributed by atoms with van der Waals surface area (Å²) in [5, 5.41) is 4.22. The lowest BCUT2D eigenvalue weighted by atomic mass is 9.99. The van der Waals surface area contributed by atoms with Crippen LogP contribution in [0.5, 0.6) is 11.5 Å². The molecule has 1 aliphatic heterocycles. The molecule has 1 aromatic carbocycles. The predicted molar refractivity (Wildman–Crippen MR) is 91.8 cm³/mol. The molecule has 2 aliphatic rings. The quantitative estimate of drug-likeness (QED) is 0.836. The summed E-state index contributed by atoms with van der Waals surface area (Å²) in [6, 6.07) is 7.47. The summed E-state index contributed by atoms with van der Waals surface area (Å²) in [5.74, 6) is 2.13. The van der Waals surface area contributed by atoms with Gasteiger partial charge in [0.2, 0.25) is 5.91 Å². The van der Waals surface area contributed by atoms with E-state index in [-0.39, 0.29) is 5.91 Å². The van der Waals surface area contributed by atoms with Gasteiger partial charge in [0.05, 0.1) is 25.3 Å². The number of nitrogens with zero attached hydrogens (tertiary/aromatic N) is 2. The summed E-state index contributed by atoms with van der Waals surface area (Å²) in [7, 11) is 3.20. The number of carbonyl (C=O) groups excluding carboxylic acids is 1. The Morgan fingerprint density at radius 2 is 1.84 bits per heavy atom. The first-order valence-electron chi connectivity index (χ1n) is 8.67. The normalized spacial score (nSPS) is 18.2. The van der Waals surface area contributed by atoms with Gasteiger partial charge in [-0.2, -0.15) is 0 Å². The Balaban J connectivity index is 1.61. The lowest BCUT2D eigenvalue weighted by Crippen LogP contribution is -2.37. The first-order valence-corrected chi connectivity index (χ1v) is 8.67. The molecule has 1 amide bonds. The molecule has 4 rings (SSSR count). The molecule has 25 heavy (non-hydrogen) atoms. The summed E-state index contributed by atoms with van der Waals surface area (Å²) < 4.78 is 16.2. The van der Waals surface area contributed by atoms with Crippen LogP contribution in [0.2, 0.25) is 0 Å². The van der Waals surface area contributed by atoms with Crippen LogP contribution >= 0.6 is 0 Å². The van der Waals surface area contributed by atoms with Crippen LogP contribution in [0.15, 0.2) is 28.8 Å². The molecule has 6 heteroatoms. The number of benzene rings is 1. The van der Waals surface area contributed by atoms with Crippen LogP contribution < -0.4 is 9.47 Å².